The number of aromatic nitrogens is 3. The fraction of sp³-hybridized carbons (Fsp3) is 0.278. The summed E-state index contributed by atoms with van der Waals surface area (Å²) in [5.74, 6) is 1.71. The minimum Gasteiger partial charge on any atom is -0.482 e. The summed E-state index contributed by atoms with van der Waals surface area (Å²) in [6.07, 6.45) is 4.63. The highest BCUT2D eigenvalue weighted by atomic mass is 35.5. The maximum atomic E-state index is 12.4. The van der Waals surface area contributed by atoms with E-state index in [2.05, 4.69) is 15.5 Å². The van der Waals surface area contributed by atoms with Crippen LogP contribution in [0.3, 0.4) is 0 Å². The first-order valence-corrected chi connectivity index (χ1v) is 10.4. The summed E-state index contributed by atoms with van der Waals surface area (Å²) in [7, 11) is 0. The molecule has 2 aromatic heterocycles. The first-order valence-electron chi connectivity index (χ1n) is 8.24. The number of fused-ring (bicyclic) bond motifs is 1. The number of nitrogens with one attached hydrogen (secondary N) is 1. The Hall–Kier alpha value is -1.96. The molecule has 0 spiro atoms. The quantitative estimate of drug-likeness (QED) is 0.590. The Kier molecular flexibility index (Phi) is 6.82. The summed E-state index contributed by atoms with van der Waals surface area (Å²) in [5, 5.41) is 12.3. The molecule has 0 saturated carbocycles. The molecule has 6 nitrogen and oxygen atoms in total. The molecule has 1 atom stereocenters. The second-order valence-electron chi connectivity index (χ2n) is 5.75. The van der Waals surface area contributed by atoms with Crippen molar-refractivity contribution in [3.05, 3.63) is 58.5 Å². The zero-order valence-electron chi connectivity index (χ0n) is 14.6. The molecule has 3 rings (SSSR count). The van der Waals surface area contributed by atoms with Crippen LogP contribution in [0.4, 0.5) is 0 Å². The first-order chi connectivity index (χ1) is 13.1. The maximum absolute atomic E-state index is 12.4. The molecule has 2 heterocycles. The molecule has 1 amide bonds. The van der Waals surface area contributed by atoms with Crippen LogP contribution >= 0.6 is 35.0 Å². The number of benzene rings is 1. The first kappa shape index (κ1) is 19.8. The van der Waals surface area contributed by atoms with Crippen LogP contribution in [0.1, 0.15) is 18.3 Å². The monoisotopic (exact) mass is 424 g/mol. The molecule has 0 aliphatic heterocycles. The molecule has 142 valence electrons. The number of nitrogens with zero attached hydrogens (tertiary/aromatic N) is 3. The van der Waals surface area contributed by atoms with Crippen LogP contribution in [-0.4, -0.2) is 39.1 Å². The predicted molar refractivity (Wildman–Crippen MR) is 109 cm³/mol. The number of amides is 1. The summed E-state index contributed by atoms with van der Waals surface area (Å²) < 4.78 is 7.39. The van der Waals surface area contributed by atoms with Crippen molar-refractivity contribution in [1.29, 1.82) is 0 Å². The number of ether oxygens (including phenoxy) is 1. The van der Waals surface area contributed by atoms with Crippen molar-refractivity contribution in [2.45, 2.75) is 12.5 Å². The topological polar surface area (TPSA) is 68.5 Å². The Balaban J connectivity index is 1.69. The number of hydrogen-bond acceptors (Lipinski definition) is 5. The van der Waals surface area contributed by atoms with Gasteiger partial charge in [-0.1, -0.05) is 29.3 Å². The van der Waals surface area contributed by atoms with Crippen LogP contribution in [0.2, 0.25) is 10.0 Å². The van der Waals surface area contributed by atoms with Gasteiger partial charge in [-0.3, -0.25) is 9.20 Å². The summed E-state index contributed by atoms with van der Waals surface area (Å²) >= 11 is 13.6. The van der Waals surface area contributed by atoms with Gasteiger partial charge in [0, 0.05) is 11.2 Å². The van der Waals surface area contributed by atoms with E-state index in [1.54, 1.807) is 30.0 Å². The molecule has 0 aliphatic rings. The van der Waals surface area contributed by atoms with E-state index in [1.807, 2.05) is 35.1 Å². The molecule has 0 bridgehead atoms. The lowest BCUT2D eigenvalue weighted by Crippen LogP contribution is -2.34. The molecular weight excluding hydrogens is 407 g/mol. The SMILES string of the molecule is CSCC[C@H](NC(=O)COc1ccc(Cl)cc1Cl)c1nnc2ccccn12. The minimum atomic E-state index is -0.272. The molecule has 0 fully saturated rings. The van der Waals surface area contributed by atoms with Gasteiger partial charge in [-0.05, 0) is 48.8 Å². The molecule has 0 unspecified atom stereocenters. The smallest absolute Gasteiger partial charge is 0.258 e. The molecule has 0 radical (unpaired) electrons. The van der Waals surface area contributed by atoms with Gasteiger partial charge in [-0.15, -0.1) is 10.2 Å². The van der Waals surface area contributed by atoms with E-state index in [9.17, 15) is 4.79 Å². The molecule has 1 N–H and O–H groups in total. The standard InChI is InChI=1S/C18H18Cl2N4O2S/c1-27-9-7-14(18-23-22-16-4-2-3-8-24(16)18)21-17(25)11-26-15-6-5-12(19)10-13(15)20/h2-6,8,10,14H,7,9,11H2,1H3,(H,21,25)/t14-/m0/s1. The van der Waals surface area contributed by atoms with Crippen LogP contribution in [0, 0.1) is 0 Å². The van der Waals surface area contributed by atoms with Crippen molar-refractivity contribution in [3.8, 4) is 5.75 Å². The van der Waals surface area contributed by atoms with Gasteiger partial charge in [0.2, 0.25) is 0 Å². The minimum absolute atomic E-state index is 0.159. The average Bonchev–Trinajstić information content (AvgIpc) is 3.08. The second-order valence-corrected chi connectivity index (χ2v) is 7.58. The number of rotatable bonds is 8. The van der Waals surface area contributed by atoms with Crippen molar-refractivity contribution in [2.75, 3.05) is 18.6 Å². The lowest BCUT2D eigenvalue weighted by atomic mass is 10.2. The third-order valence-electron chi connectivity index (χ3n) is 3.85. The molecule has 1 aromatic carbocycles. The molecule has 0 aliphatic carbocycles. The number of carbonyl (C=O) groups excluding carboxylic acids is 1. The van der Waals surface area contributed by atoms with Gasteiger partial charge < -0.3 is 10.1 Å². The average molecular weight is 425 g/mol. The van der Waals surface area contributed by atoms with Crippen LogP contribution < -0.4 is 10.1 Å². The van der Waals surface area contributed by atoms with E-state index in [0.717, 1.165) is 17.8 Å². The third-order valence-corrected chi connectivity index (χ3v) is 5.02. The highest BCUT2D eigenvalue weighted by Crippen LogP contribution is 2.27. The van der Waals surface area contributed by atoms with E-state index >= 15 is 0 Å². The summed E-state index contributed by atoms with van der Waals surface area (Å²) in [6.45, 7) is -0.159. The summed E-state index contributed by atoms with van der Waals surface area (Å²) in [6, 6.07) is 10.3. The van der Waals surface area contributed by atoms with E-state index in [0.29, 0.717) is 21.6 Å². The van der Waals surface area contributed by atoms with Crippen molar-refractivity contribution < 1.29 is 9.53 Å². The van der Waals surface area contributed by atoms with E-state index in [4.69, 9.17) is 27.9 Å². The van der Waals surface area contributed by atoms with Crippen molar-refractivity contribution in [1.82, 2.24) is 19.9 Å². The normalized spacial score (nSPS) is 12.1. The van der Waals surface area contributed by atoms with Gasteiger partial charge >= 0.3 is 0 Å². The summed E-state index contributed by atoms with van der Waals surface area (Å²) in [5.41, 5.74) is 0.736. The number of pyridine rings is 1. The van der Waals surface area contributed by atoms with Gasteiger partial charge in [0.25, 0.3) is 5.91 Å². The number of thioether (sulfide) groups is 1. The second kappa shape index (κ2) is 9.30. The summed E-state index contributed by atoms with van der Waals surface area (Å²) in [4.78, 5) is 12.4. The number of hydrogen-bond donors (Lipinski definition) is 1. The Morgan fingerprint density at radius 2 is 2.15 bits per heavy atom. The van der Waals surface area contributed by atoms with Gasteiger partial charge in [0.05, 0.1) is 11.1 Å². The van der Waals surface area contributed by atoms with E-state index in [-0.39, 0.29) is 18.6 Å². The van der Waals surface area contributed by atoms with Gasteiger partial charge in [-0.2, -0.15) is 11.8 Å². The highest BCUT2D eigenvalue weighted by molar-refractivity contribution is 7.98. The van der Waals surface area contributed by atoms with Crippen LogP contribution in [0.25, 0.3) is 5.65 Å². The Labute approximate surface area is 171 Å². The van der Waals surface area contributed by atoms with Crippen molar-refractivity contribution >= 4 is 46.5 Å². The fourth-order valence-electron chi connectivity index (χ4n) is 2.57. The van der Waals surface area contributed by atoms with E-state index in [1.165, 1.54) is 0 Å². The highest BCUT2D eigenvalue weighted by Gasteiger charge is 2.20. The Morgan fingerprint density at radius 1 is 1.30 bits per heavy atom. The fourth-order valence-corrected chi connectivity index (χ4v) is 3.51. The molecule has 27 heavy (non-hydrogen) atoms. The molecule has 9 heteroatoms. The van der Waals surface area contributed by atoms with Crippen molar-refractivity contribution in [2.24, 2.45) is 0 Å². The molecule has 3 aromatic rings. The largest absolute Gasteiger partial charge is 0.482 e. The van der Waals surface area contributed by atoms with Gasteiger partial charge in [0.1, 0.15) is 5.75 Å². The lowest BCUT2D eigenvalue weighted by Gasteiger charge is -2.17. The zero-order valence-corrected chi connectivity index (χ0v) is 16.9. The van der Waals surface area contributed by atoms with Crippen LogP contribution in [0.15, 0.2) is 42.6 Å². The molecule has 0 saturated heterocycles. The van der Waals surface area contributed by atoms with E-state index < -0.39 is 0 Å². The maximum Gasteiger partial charge on any atom is 0.258 e. The van der Waals surface area contributed by atoms with Crippen LogP contribution in [0.5, 0.6) is 5.75 Å². The van der Waals surface area contributed by atoms with Gasteiger partial charge in [0.15, 0.2) is 18.1 Å². The number of carbonyl (C=O) groups is 1. The Morgan fingerprint density at radius 3 is 2.93 bits per heavy atom. The third kappa shape index (κ3) is 5.06. The lowest BCUT2D eigenvalue weighted by molar-refractivity contribution is -0.123. The van der Waals surface area contributed by atoms with Crippen LogP contribution in [-0.2, 0) is 4.79 Å². The zero-order chi connectivity index (χ0) is 19.2. The Bertz CT molecular complexity index is 935. The molecular formula is C18H18Cl2N4O2S. The van der Waals surface area contributed by atoms with Crippen molar-refractivity contribution in [3.63, 3.8) is 0 Å². The van der Waals surface area contributed by atoms with Gasteiger partial charge in [-0.25, -0.2) is 0 Å². The predicted octanol–water partition coefficient (Wildman–Crippen LogP) is 4.03. The number of halogens is 2.